The molecule has 0 saturated heterocycles. The predicted molar refractivity (Wildman–Crippen MR) is 124 cm³/mol. The summed E-state index contributed by atoms with van der Waals surface area (Å²) in [6, 6.07) is 9.74. The lowest BCUT2D eigenvalue weighted by Gasteiger charge is -2.23. The largest absolute Gasteiger partial charge is 0.416 e. The average Bonchev–Trinajstić information content (AvgIpc) is 3.23. The van der Waals surface area contributed by atoms with Crippen LogP contribution in [0.2, 0.25) is 0 Å². The van der Waals surface area contributed by atoms with Crippen LogP contribution < -0.4 is 10.6 Å². The Bertz CT molecular complexity index is 1320. The van der Waals surface area contributed by atoms with Crippen molar-refractivity contribution in [1.29, 1.82) is 0 Å². The third-order valence-electron chi connectivity index (χ3n) is 5.44. The van der Waals surface area contributed by atoms with E-state index in [4.69, 9.17) is 0 Å². The molecule has 0 saturated carbocycles. The van der Waals surface area contributed by atoms with Crippen molar-refractivity contribution in [1.82, 2.24) is 9.78 Å². The predicted octanol–water partition coefficient (Wildman–Crippen LogP) is 3.92. The monoisotopic (exact) mass is 482 g/mol. The van der Waals surface area contributed by atoms with Gasteiger partial charge < -0.3 is 15.7 Å². The summed E-state index contributed by atoms with van der Waals surface area (Å²) in [5.41, 5.74) is 2.60. The Labute approximate surface area is 198 Å². The van der Waals surface area contributed by atoms with Gasteiger partial charge in [0.25, 0.3) is 5.91 Å². The minimum Gasteiger partial charge on any atom is -0.383 e. The number of hydrogen-bond acceptors (Lipinski definition) is 4. The maximum atomic E-state index is 12.9. The van der Waals surface area contributed by atoms with Gasteiger partial charge in [-0.05, 0) is 35.4 Å². The zero-order chi connectivity index (χ0) is 25.2. The quantitative estimate of drug-likeness (QED) is 0.379. The molecule has 2 heterocycles. The number of rotatable bonds is 5. The maximum absolute atomic E-state index is 12.9. The number of aryl methyl sites for hydroxylation is 1. The molecule has 1 aliphatic rings. The number of benzene rings is 2. The Kier molecular flexibility index (Phi) is 6.57. The molecule has 2 amide bonds. The van der Waals surface area contributed by atoms with E-state index in [1.807, 2.05) is 0 Å². The minimum atomic E-state index is -4.44. The van der Waals surface area contributed by atoms with Crippen molar-refractivity contribution in [3.63, 3.8) is 0 Å². The summed E-state index contributed by atoms with van der Waals surface area (Å²) in [6.45, 7) is 0. The number of alkyl halides is 3. The molecule has 0 radical (unpaired) electrons. The van der Waals surface area contributed by atoms with E-state index in [2.05, 4.69) is 15.7 Å². The van der Waals surface area contributed by atoms with Crippen LogP contribution in [0.5, 0.6) is 0 Å². The van der Waals surface area contributed by atoms with Crippen LogP contribution >= 0.6 is 0 Å². The van der Waals surface area contributed by atoms with Gasteiger partial charge in [0.05, 0.1) is 11.8 Å². The molecular formula is C25H21F3N4O3. The molecule has 10 heteroatoms. The number of aliphatic hydroxyl groups excluding tert-OH is 1. The summed E-state index contributed by atoms with van der Waals surface area (Å²) < 4.78 is 40.4. The lowest BCUT2D eigenvalue weighted by molar-refractivity contribution is -0.137. The van der Waals surface area contributed by atoms with Gasteiger partial charge in [0.1, 0.15) is 6.10 Å². The van der Waals surface area contributed by atoms with Crippen LogP contribution in [0.3, 0.4) is 0 Å². The zero-order valence-corrected chi connectivity index (χ0v) is 18.5. The standard InChI is InChI=1S/C25H21F3N4O3/c1-32-14-16(13-29-32)18(15-8-10-17(11-9-15)25(26,27)28)4-2-7-23(34)30-20-5-3-6-21-19(20)12-22(33)24(35)31-21/h2-11,13-14,22,33H,12H2,1H3,(H,30,34)(H,31,35)/b7-2+,18-4+. The van der Waals surface area contributed by atoms with Crippen LogP contribution in [0.15, 0.2) is 73.1 Å². The number of halogens is 3. The maximum Gasteiger partial charge on any atom is 0.416 e. The Balaban J connectivity index is 1.56. The minimum absolute atomic E-state index is 0.0698. The van der Waals surface area contributed by atoms with Crippen molar-refractivity contribution in [2.24, 2.45) is 7.05 Å². The molecule has 2 aromatic carbocycles. The second kappa shape index (κ2) is 9.59. The van der Waals surface area contributed by atoms with Crippen LogP contribution in [0.25, 0.3) is 5.57 Å². The van der Waals surface area contributed by atoms with Gasteiger partial charge in [0.15, 0.2) is 0 Å². The van der Waals surface area contributed by atoms with Crippen molar-refractivity contribution in [2.45, 2.75) is 18.7 Å². The Hall–Kier alpha value is -4.18. The molecule has 1 aromatic heterocycles. The number of amides is 2. The van der Waals surface area contributed by atoms with Crippen molar-refractivity contribution in [3.8, 4) is 0 Å². The van der Waals surface area contributed by atoms with Crippen LogP contribution in [0, 0.1) is 0 Å². The smallest absolute Gasteiger partial charge is 0.383 e. The van der Waals surface area contributed by atoms with Gasteiger partial charge >= 0.3 is 6.18 Å². The zero-order valence-electron chi connectivity index (χ0n) is 18.5. The van der Waals surface area contributed by atoms with Crippen molar-refractivity contribution >= 4 is 28.8 Å². The van der Waals surface area contributed by atoms with E-state index in [1.54, 1.807) is 48.4 Å². The van der Waals surface area contributed by atoms with Crippen molar-refractivity contribution in [2.75, 3.05) is 10.6 Å². The lowest BCUT2D eigenvalue weighted by Crippen LogP contribution is -2.34. The molecule has 0 aliphatic carbocycles. The molecule has 1 unspecified atom stereocenters. The van der Waals surface area contributed by atoms with Crippen LogP contribution in [0.4, 0.5) is 24.5 Å². The van der Waals surface area contributed by atoms with Gasteiger partial charge in [-0.1, -0.05) is 30.4 Å². The second-order valence-corrected chi connectivity index (χ2v) is 7.95. The number of anilines is 2. The number of fused-ring (bicyclic) bond motifs is 1. The molecule has 180 valence electrons. The fraction of sp³-hybridized carbons (Fsp3) is 0.160. The number of allylic oxidation sites excluding steroid dienone is 2. The van der Waals surface area contributed by atoms with E-state index >= 15 is 0 Å². The van der Waals surface area contributed by atoms with Gasteiger partial charge in [0.2, 0.25) is 5.91 Å². The first kappa shape index (κ1) is 24.0. The molecule has 0 spiro atoms. The average molecular weight is 482 g/mol. The number of nitrogens with zero attached hydrogens (tertiary/aromatic N) is 2. The third-order valence-corrected chi connectivity index (χ3v) is 5.44. The molecule has 3 aromatic rings. The van der Waals surface area contributed by atoms with Crippen LogP contribution in [-0.4, -0.2) is 32.8 Å². The molecule has 0 fully saturated rings. The van der Waals surface area contributed by atoms with E-state index < -0.39 is 29.7 Å². The molecule has 3 N–H and O–H groups in total. The first-order chi connectivity index (χ1) is 16.6. The highest BCUT2D eigenvalue weighted by Gasteiger charge is 2.30. The summed E-state index contributed by atoms with van der Waals surface area (Å²) >= 11 is 0. The Morgan fingerprint density at radius 2 is 1.94 bits per heavy atom. The molecule has 1 aliphatic heterocycles. The SMILES string of the molecule is Cn1cc(/C(=C/C=C/C(=O)Nc2cccc3c2CC(O)C(=O)N3)c2ccc(C(F)(F)F)cc2)cn1. The van der Waals surface area contributed by atoms with E-state index in [0.717, 1.165) is 12.1 Å². The molecular weight excluding hydrogens is 461 g/mol. The highest BCUT2D eigenvalue weighted by Crippen LogP contribution is 2.32. The fourth-order valence-electron chi connectivity index (χ4n) is 3.71. The molecule has 7 nitrogen and oxygen atoms in total. The van der Waals surface area contributed by atoms with Gasteiger partial charge in [-0.15, -0.1) is 0 Å². The molecule has 35 heavy (non-hydrogen) atoms. The van der Waals surface area contributed by atoms with Gasteiger partial charge in [0, 0.05) is 48.2 Å². The third kappa shape index (κ3) is 5.49. The summed E-state index contributed by atoms with van der Waals surface area (Å²) in [4.78, 5) is 24.2. The summed E-state index contributed by atoms with van der Waals surface area (Å²) in [5.74, 6) is -0.962. The number of carbonyl (C=O) groups excluding carboxylic acids is 2. The van der Waals surface area contributed by atoms with E-state index in [-0.39, 0.29) is 6.42 Å². The first-order valence-corrected chi connectivity index (χ1v) is 10.6. The van der Waals surface area contributed by atoms with Gasteiger partial charge in [-0.25, -0.2) is 0 Å². The first-order valence-electron chi connectivity index (χ1n) is 10.6. The normalized spacial score (nSPS) is 16.2. The van der Waals surface area contributed by atoms with E-state index in [1.165, 1.54) is 24.3 Å². The fourth-order valence-corrected chi connectivity index (χ4v) is 3.71. The number of hydrogen-bond donors (Lipinski definition) is 3. The second-order valence-electron chi connectivity index (χ2n) is 7.95. The van der Waals surface area contributed by atoms with E-state index in [9.17, 15) is 27.9 Å². The lowest BCUT2D eigenvalue weighted by atomic mass is 9.98. The number of carbonyl (C=O) groups is 2. The molecule has 0 bridgehead atoms. The number of aliphatic hydroxyl groups is 1. The molecule has 4 rings (SSSR count). The van der Waals surface area contributed by atoms with E-state index in [0.29, 0.717) is 33.6 Å². The highest BCUT2D eigenvalue weighted by molar-refractivity contribution is 6.03. The highest BCUT2D eigenvalue weighted by atomic mass is 19.4. The van der Waals surface area contributed by atoms with Gasteiger partial charge in [-0.2, -0.15) is 18.3 Å². The summed E-state index contributed by atoms with van der Waals surface area (Å²) in [6.07, 6.45) is 2.10. The topological polar surface area (TPSA) is 96.3 Å². The summed E-state index contributed by atoms with van der Waals surface area (Å²) in [7, 11) is 1.72. The summed E-state index contributed by atoms with van der Waals surface area (Å²) in [5, 5.41) is 19.3. The van der Waals surface area contributed by atoms with Gasteiger partial charge in [-0.3, -0.25) is 14.3 Å². The molecule has 1 atom stereocenters. The Morgan fingerprint density at radius 1 is 1.20 bits per heavy atom. The Morgan fingerprint density at radius 3 is 2.60 bits per heavy atom. The van der Waals surface area contributed by atoms with Crippen LogP contribution in [0.1, 0.15) is 22.3 Å². The van der Waals surface area contributed by atoms with Crippen molar-refractivity contribution < 1.29 is 27.9 Å². The van der Waals surface area contributed by atoms with Crippen molar-refractivity contribution in [3.05, 3.63) is 95.3 Å². The van der Waals surface area contributed by atoms with Crippen LogP contribution in [-0.2, 0) is 29.2 Å². The number of nitrogens with one attached hydrogen (secondary N) is 2. The number of aromatic nitrogens is 2.